The lowest BCUT2D eigenvalue weighted by atomic mass is 9.95. The zero-order valence-corrected chi connectivity index (χ0v) is 18.3. The van der Waals surface area contributed by atoms with Crippen molar-refractivity contribution >= 4 is 0 Å². The van der Waals surface area contributed by atoms with Gasteiger partial charge in [-0.3, -0.25) is 0 Å². The molecule has 0 aliphatic carbocycles. The van der Waals surface area contributed by atoms with E-state index < -0.39 is 23.4 Å². The highest BCUT2D eigenvalue weighted by Crippen LogP contribution is 2.31. The van der Waals surface area contributed by atoms with Gasteiger partial charge in [0.15, 0.2) is 0 Å². The quantitative estimate of drug-likeness (QED) is 0.327. The molecule has 0 radical (unpaired) electrons. The fourth-order valence-electron chi connectivity index (χ4n) is 3.16. The van der Waals surface area contributed by atoms with Crippen LogP contribution in [0.2, 0.25) is 0 Å². The third-order valence-corrected chi connectivity index (χ3v) is 5.00. The molecule has 0 aliphatic heterocycles. The lowest BCUT2D eigenvalue weighted by molar-refractivity contribution is -0.140. The van der Waals surface area contributed by atoms with Crippen molar-refractivity contribution in [3.63, 3.8) is 0 Å². The van der Waals surface area contributed by atoms with Crippen LogP contribution in [0.5, 0.6) is 0 Å². The van der Waals surface area contributed by atoms with Gasteiger partial charge in [-0.2, -0.15) is 23.7 Å². The number of aryl methyl sites for hydroxylation is 1. The normalized spacial score (nSPS) is 10.3. The van der Waals surface area contributed by atoms with Crippen LogP contribution in [0, 0.1) is 64.9 Å². The third-order valence-electron chi connectivity index (χ3n) is 5.00. The van der Waals surface area contributed by atoms with Gasteiger partial charge in [0.1, 0.15) is 11.6 Å². The highest BCUT2D eigenvalue weighted by molar-refractivity contribution is 5.56. The predicted molar refractivity (Wildman–Crippen MR) is 120 cm³/mol. The van der Waals surface area contributed by atoms with Gasteiger partial charge in [0.2, 0.25) is 0 Å². The van der Waals surface area contributed by atoms with E-state index in [1.54, 1.807) is 31.2 Å². The summed E-state index contributed by atoms with van der Waals surface area (Å²) >= 11 is 0. The molecule has 0 saturated heterocycles. The summed E-state index contributed by atoms with van der Waals surface area (Å²) in [7, 11) is 0. The van der Waals surface area contributed by atoms with E-state index in [9.17, 15) is 32.5 Å². The Morgan fingerprint density at radius 2 is 1.17 bits per heavy atom. The van der Waals surface area contributed by atoms with Gasteiger partial charge < -0.3 is 0 Å². The van der Waals surface area contributed by atoms with Gasteiger partial charge in [-0.15, -0.1) is 0 Å². The molecule has 0 N–H and O–H groups in total. The average molecular weight is 474 g/mol. The van der Waals surface area contributed by atoms with Gasteiger partial charge in [-0.1, -0.05) is 29.7 Å². The number of rotatable bonds is 2. The summed E-state index contributed by atoms with van der Waals surface area (Å²) < 4.78 is 66.0. The Morgan fingerprint density at radius 1 is 0.686 bits per heavy atom. The zero-order valence-electron chi connectivity index (χ0n) is 18.3. The number of halogens is 5. The lowest BCUT2D eigenvalue weighted by Gasteiger charge is -2.08. The van der Waals surface area contributed by atoms with E-state index in [1.165, 1.54) is 6.07 Å². The SMILES string of the molecule is Cc1ccc(C#Cc2cc(CC#N)c(C#Cc3ccc(C(F)(F)F)c(F)c3)cc2CC#N)cc1F. The number of hydrogen-bond acceptors (Lipinski definition) is 2. The number of hydrogen-bond donors (Lipinski definition) is 0. The standard InChI is InChI=1S/C28H15F5N2/c1-18-2-3-19(14-26(18)29)4-7-21-16-24(11-13-35)22(17-23(21)10-12-34)8-5-20-6-9-25(27(30)15-20)28(31,32)33/h2-3,6,9,14-17H,10-11H2,1H3. The van der Waals surface area contributed by atoms with Gasteiger partial charge >= 0.3 is 6.18 Å². The van der Waals surface area contributed by atoms with Crippen LogP contribution in [0.15, 0.2) is 48.5 Å². The molecule has 3 aromatic rings. The van der Waals surface area contributed by atoms with Crippen molar-refractivity contribution in [3.8, 4) is 35.8 Å². The Morgan fingerprint density at radius 3 is 1.60 bits per heavy atom. The molecular formula is C28H15F5N2. The summed E-state index contributed by atoms with van der Waals surface area (Å²) in [6.07, 6.45) is -4.89. The van der Waals surface area contributed by atoms with Gasteiger partial charge in [-0.05, 0) is 66.1 Å². The highest BCUT2D eigenvalue weighted by atomic mass is 19.4. The van der Waals surface area contributed by atoms with Crippen LogP contribution >= 0.6 is 0 Å². The minimum absolute atomic E-state index is 0.0190. The van der Waals surface area contributed by atoms with E-state index in [-0.39, 0.29) is 18.4 Å². The second-order valence-corrected chi connectivity index (χ2v) is 7.49. The van der Waals surface area contributed by atoms with E-state index in [0.29, 0.717) is 45.5 Å². The molecule has 172 valence electrons. The molecule has 3 rings (SSSR count). The molecule has 0 unspecified atom stereocenters. The van der Waals surface area contributed by atoms with Gasteiger partial charge in [0.25, 0.3) is 0 Å². The van der Waals surface area contributed by atoms with E-state index in [4.69, 9.17) is 0 Å². The van der Waals surface area contributed by atoms with Crippen LogP contribution in [0.3, 0.4) is 0 Å². The molecule has 0 aromatic heterocycles. The molecule has 35 heavy (non-hydrogen) atoms. The second-order valence-electron chi connectivity index (χ2n) is 7.49. The van der Waals surface area contributed by atoms with Crippen LogP contribution in [0.1, 0.15) is 44.5 Å². The minimum Gasteiger partial charge on any atom is -0.207 e. The van der Waals surface area contributed by atoms with Crippen LogP contribution in [0.25, 0.3) is 0 Å². The third kappa shape index (κ3) is 6.26. The van der Waals surface area contributed by atoms with E-state index in [0.717, 1.165) is 6.07 Å². The van der Waals surface area contributed by atoms with Crippen molar-refractivity contribution in [3.05, 3.63) is 105 Å². The largest absolute Gasteiger partial charge is 0.419 e. The maximum atomic E-state index is 13.9. The van der Waals surface area contributed by atoms with Crippen molar-refractivity contribution in [2.45, 2.75) is 25.9 Å². The number of nitriles is 2. The smallest absolute Gasteiger partial charge is 0.207 e. The molecule has 0 atom stereocenters. The van der Waals surface area contributed by atoms with Crippen LogP contribution < -0.4 is 0 Å². The average Bonchev–Trinajstić information content (AvgIpc) is 2.79. The van der Waals surface area contributed by atoms with Gasteiger partial charge in [0.05, 0.1) is 30.5 Å². The number of benzene rings is 3. The summed E-state index contributed by atoms with van der Waals surface area (Å²) in [5, 5.41) is 18.4. The summed E-state index contributed by atoms with van der Waals surface area (Å²) in [5.41, 5.74) is 1.36. The van der Waals surface area contributed by atoms with Crippen LogP contribution in [0.4, 0.5) is 22.0 Å². The number of nitrogens with zero attached hydrogens (tertiary/aromatic N) is 2. The Kier molecular flexibility index (Phi) is 7.56. The first-order valence-electron chi connectivity index (χ1n) is 10.2. The molecule has 2 nitrogen and oxygen atoms in total. The maximum Gasteiger partial charge on any atom is 0.419 e. The Labute approximate surface area is 199 Å². The first-order chi connectivity index (χ1) is 16.6. The molecule has 0 saturated carbocycles. The van der Waals surface area contributed by atoms with Crippen molar-refractivity contribution in [2.24, 2.45) is 0 Å². The Balaban J connectivity index is 2.05. The molecule has 0 aliphatic rings. The van der Waals surface area contributed by atoms with E-state index in [1.807, 2.05) is 12.1 Å². The Bertz CT molecular complexity index is 1500. The van der Waals surface area contributed by atoms with E-state index in [2.05, 4.69) is 23.7 Å². The lowest BCUT2D eigenvalue weighted by Crippen LogP contribution is -2.07. The number of alkyl halides is 3. The van der Waals surface area contributed by atoms with Crippen molar-refractivity contribution in [2.75, 3.05) is 0 Å². The molecule has 3 aromatic carbocycles. The van der Waals surface area contributed by atoms with Gasteiger partial charge in [-0.25, -0.2) is 8.78 Å². The Hall–Kier alpha value is -4.59. The fourth-order valence-corrected chi connectivity index (χ4v) is 3.16. The van der Waals surface area contributed by atoms with Crippen molar-refractivity contribution in [1.29, 1.82) is 10.5 Å². The topological polar surface area (TPSA) is 47.6 Å². The zero-order chi connectivity index (χ0) is 25.6. The van der Waals surface area contributed by atoms with Crippen LogP contribution in [-0.2, 0) is 19.0 Å². The van der Waals surface area contributed by atoms with Gasteiger partial charge in [0, 0.05) is 22.3 Å². The molecule has 0 amide bonds. The fraction of sp³-hybridized carbons (Fsp3) is 0.143. The molecule has 0 bridgehead atoms. The molecule has 0 fully saturated rings. The highest BCUT2D eigenvalue weighted by Gasteiger charge is 2.33. The first-order valence-corrected chi connectivity index (χ1v) is 10.2. The summed E-state index contributed by atoms with van der Waals surface area (Å²) in [6, 6.07) is 14.1. The van der Waals surface area contributed by atoms with E-state index >= 15 is 0 Å². The molecule has 0 spiro atoms. The molecule has 7 heteroatoms. The summed E-state index contributed by atoms with van der Waals surface area (Å²) in [5.74, 6) is 9.28. The monoisotopic (exact) mass is 474 g/mol. The minimum atomic E-state index is -4.82. The molecule has 0 heterocycles. The maximum absolute atomic E-state index is 13.9. The first kappa shape index (κ1) is 25.0. The predicted octanol–water partition coefficient (Wildman–Crippen LogP) is 6.22. The molecular weight excluding hydrogens is 459 g/mol. The summed E-state index contributed by atoms with van der Waals surface area (Å²) in [6.45, 7) is 1.63. The van der Waals surface area contributed by atoms with Crippen LogP contribution in [-0.4, -0.2) is 0 Å². The second kappa shape index (κ2) is 10.6. The summed E-state index contributed by atoms with van der Waals surface area (Å²) in [4.78, 5) is 0. The van der Waals surface area contributed by atoms with Crippen molar-refractivity contribution in [1.82, 2.24) is 0 Å². The van der Waals surface area contributed by atoms with Crippen molar-refractivity contribution < 1.29 is 22.0 Å².